The molecule has 1 N–H and O–H groups in total. The van der Waals surface area contributed by atoms with E-state index >= 15 is 0 Å². The summed E-state index contributed by atoms with van der Waals surface area (Å²) < 4.78 is 11.2. The molecule has 0 spiro atoms. The molecule has 0 aliphatic carbocycles. The summed E-state index contributed by atoms with van der Waals surface area (Å²) in [4.78, 5) is 28.8. The van der Waals surface area contributed by atoms with Crippen LogP contribution in [0.25, 0.3) is 0 Å². The molecular formula is C21H31N3O4. The number of morpholine rings is 1. The molecule has 2 atom stereocenters. The first-order chi connectivity index (χ1) is 13.6. The highest BCUT2D eigenvalue weighted by atomic mass is 16.5. The van der Waals surface area contributed by atoms with Crippen molar-refractivity contribution in [2.24, 2.45) is 0 Å². The lowest BCUT2D eigenvalue weighted by molar-refractivity contribution is -0.144. The maximum Gasteiger partial charge on any atom is 0.263 e. The van der Waals surface area contributed by atoms with Crippen LogP contribution < -0.4 is 10.1 Å². The third kappa shape index (κ3) is 5.45. The summed E-state index contributed by atoms with van der Waals surface area (Å²) in [5, 5.41) is 3.31. The van der Waals surface area contributed by atoms with Crippen molar-refractivity contribution in [1.29, 1.82) is 0 Å². The van der Waals surface area contributed by atoms with Gasteiger partial charge < -0.3 is 24.6 Å². The fourth-order valence-electron chi connectivity index (χ4n) is 3.58. The van der Waals surface area contributed by atoms with Crippen LogP contribution in [0.3, 0.4) is 0 Å². The van der Waals surface area contributed by atoms with Crippen LogP contribution in [-0.2, 0) is 20.7 Å². The van der Waals surface area contributed by atoms with Gasteiger partial charge in [-0.05, 0) is 31.0 Å². The molecule has 1 aromatic carbocycles. The molecule has 154 valence electrons. The lowest BCUT2D eigenvalue weighted by Crippen LogP contribution is -2.54. The molecule has 7 nitrogen and oxygen atoms in total. The second kappa shape index (κ2) is 9.89. The molecule has 0 radical (unpaired) electrons. The number of nitrogens with one attached hydrogen (secondary N) is 1. The zero-order valence-electron chi connectivity index (χ0n) is 16.9. The summed E-state index contributed by atoms with van der Waals surface area (Å²) in [6, 6.07) is 7.94. The van der Waals surface area contributed by atoms with E-state index in [1.54, 1.807) is 11.8 Å². The van der Waals surface area contributed by atoms with E-state index in [4.69, 9.17) is 9.47 Å². The van der Waals surface area contributed by atoms with Crippen LogP contribution in [0.5, 0.6) is 5.75 Å². The molecule has 2 unspecified atom stereocenters. The number of piperazine rings is 1. The first kappa shape index (κ1) is 20.6. The van der Waals surface area contributed by atoms with Crippen molar-refractivity contribution in [3.05, 3.63) is 29.8 Å². The Morgan fingerprint density at radius 3 is 2.46 bits per heavy atom. The van der Waals surface area contributed by atoms with Crippen molar-refractivity contribution in [3.8, 4) is 5.75 Å². The molecule has 2 aliphatic rings. The normalized spacial score (nSPS) is 21.3. The largest absolute Gasteiger partial charge is 0.481 e. The molecule has 7 heteroatoms. The zero-order valence-corrected chi connectivity index (χ0v) is 16.9. The van der Waals surface area contributed by atoms with Crippen molar-refractivity contribution in [2.45, 2.75) is 38.8 Å². The summed E-state index contributed by atoms with van der Waals surface area (Å²) in [7, 11) is 0. The van der Waals surface area contributed by atoms with E-state index in [2.05, 4.69) is 12.2 Å². The van der Waals surface area contributed by atoms with Crippen LogP contribution in [0.4, 0.5) is 0 Å². The van der Waals surface area contributed by atoms with Crippen LogP contribution in [0.2, 0.25) is 0 Å². The number of ether oxygens (including phenoxy) is 2. The highest BCUT2D eigenvalue weighted by Crippen LogP contribution is 2.16. The number of amides is 2. The summed E-state index contributed by atoms with van der Waals surface area (Å²) in [6.45, 7) is 8.18. The minimum atomic E-state index is -0.543. The van der Waals surface area contributed by atoms with E-state index in [-0.39, 0.29) is 17.9 Å². The van der Waals surface area contributed by atoms with Gasteiger partial charge in [-0.2, -0.15) is 0 Å². The Bertz CT molecular complexity index is 650. The van der Waals surface area contributed by atoms with Gasteiger partial charge >= 0.3 is 0 Å². The minimum absolute atomic E-state index is 0.0333. The van der Waals surface area contributed by atoms with Crippen LogP contribution in [0, 0.1) is 0 Å². The predicted molar refractivity (Wildman–Crippen MR) is 106 cm³/mol. The Morgan fingerprint density at radius 1 is 1.18 bits per heavy atom. The Hall–Kier alpha value is -2.12. The Kier molecular flexibility index (Phi) is 7.28. The van der Waals surface area contributed by atoms with Gasteiger partial charge in [0.25, 0.3) is 5.91 Å². The summed E-state index contributed by atoms with van der Waals surface area (Å²) >= 11 is 0. The molecule has 2 aliphatic heterocycles. The molecule has 2 fully saturated rings. The molecular weight excluding hydrogens is 358 g/mol. The summed E-state index contributed by atoms with van der Waals surface area (Å²) in [5.74, 6) is 0.790. The molecule has 2 amide bonds. The van der Waals surface area contributed by atoms with Crippen molar-refractivity contribution in [3.63, 3.8) is 0 Å². The molecule has 0 saturated carbocycles. The van der Waals surface area contributed by atoms with Crippen molar-refractivity contribution >= 4 is 11.8 Å². The van der Waals surface area contributed by atoms with Crippen LogP contribution >= 0.6 is 0 Å². The van der Waals surface area contributed by atoms with E-state index in [9.17, 15) is 9.59 Å². The molecule has 3 rings (SSSR count). The highest BCUT2D eigenvalue weighted by Gasteiger charge is 2.29. The number of carbonyl (C=O) groups is 2. The second-order valence-electron chi connectivity index (χ2n) is 7.39. The van der Waals surface area contributed by atoms with Crippen molar-refractivity contribution in [2.75, 3.05) is 45.9 Å². The second-order valence-corrected chi connectivity index (χ2v) is 7.39. The molecule has 2 heterocycles. The topological polar surface area (TPSA) is 71.1 Å². The number of aryl methyl sites for hydroxylation is 1. The Balaban J connectivity index is 1.43. The lowest BCUT2D eigenvalue weighted by Gasteiger charge is -2.36. The van der Waals surface area contributed by atoms with Crippen LogP contribution in [0.1, 0.15) is 25.8 Å². The minimum Gasteiger partial charge on any atom is -0.481 e. The standard InChI is InChI=1S/C21H31N3O4/c1-3-17-4-6-19(7-5-17)28-16(2)21(26)24-11-9-23(10-12-24)20(25)14-18-15-27-13-8-22-18/h4-7,16,18,22H,3,8-15H2,1-2H3. The molecule has 1 aromatic rings. The van der Waals surface area contributed by atoms with Gasteiger partial charge in [0.15, 0.2) is 6.10 Å². The van der Waals surface area contributed by atoms with E-state index in [0.29, 0.717) is 51.6 Å². The van der Waals surface area contributed by atoms with E-state index < -0.39 is 6.10 Å². The monoisotopic (exact) mass is 389 g/mol. The molecule has 2 saturated heterocycles. The van der Waals surface area contributed by atoms with Gasteiger partial charge in [-0.3, -0.25) is 9.59 Å². The SMILES string of the molecule is CCc1ccc(OC(C)C(=O)N2CCN(C(=O)CC3COCCN3)CC2)cc1. The lowest BCUT2D eigenvalue weighted by atomic mass is 10.1. The first-order valence-electron chi connectivity index (χ1n) is 10.2. The van der Waals surface area contributed by atoms with E-state index in [1.807, 2.05) is 29.2 Å². The smallest absolute Gasteiger partial charge is 0.263 e. The summed E-state index contributed by atoms with van der Waals surface area (Å²) in [5.41, 5.74) is 1.24. The van der Waals surface area contributed by atoms with Gasteiger partial charge in [0.05, 0.1) is 13.2 Å². The van der Waals surface area contributed by atoms with Crippen molar-refractivity contribution in [1.82, 2.24) is 15.1 Å². The number of carbonyl (C=O) groups excluding carboxylic acids is 2. The van der Waals surface area contributed by atoms with Gasteiger partial charge in [0.2, 0.25) is 5.91 Å². The third-order valence-corrected chi connectivity index (χ3v) is 5.36. The fraction of sp³-hybridized carbons (Fsp3) is 0.619. The number of rotatable bonds is 6. The fourth-order valence-corrected chi connectivity index (χ4v) is 3.58. The first-order valence-corrected chi connectivity index (χ1v) is 10.2. The van der Waals surface area contributed by atoms with E-state index in [1.165, 1.54) is 5.56 Å². The van der Waals surface area contributed by atoms with E-state index in [0.717, 1.165) is 13.0 Å². The number of hydrogen-bond acceptors (Lipinski definition) is 5. The zero-order chi connectivity index (χ0) is 19.9. The predicted octanol–water partition coefficient (Wildman–Crippen LogP) is 1.07. The number of nitrogens with zero attached hydrogens (tertiary/aromatic N) is 2. The van der Waals surface area contributed by atoms with Gasteiger partial charge in [0, 0.05) is 45.2 Å². The quantitative estimate of drug-likeness (QED) is 0.788. The average molecular weight is 389 g/mol. The highest BCUT2D eigenvalue weighted by molar-refractivity contribution is 5.82. The van der Waals surface area contributed by atoms with Crippen LogP contribution in [-0.4, -0.2) is 79.7 Å². The van der Waals surface area contributed by atoms with Gasteiger partial charge in [-0.25, -0.2) is 0 Å². The number of hydrogen-bond donors (Lipinski definition) is 1. The number of benzene rings is 1. The molecule has 0 bridgehead atoms. The Morgan fingerprint density at radius 2 is 1.86 bits per heavy atom. The maximum atomic E-state index is 12.7. The summed E-state index contributed by atoms with van der Waals surface area (Å²) in [6.07, 6.45) is 0.876. The molecule has 0 aromatic heterocycles. The van der Waals surface area contributed by atoms with Gasteiger partial charge in [-0.1, -0.05) is 19.1 Å². The maximum absolute atomic E-state index is 12.7. The van der Waals surface area contributed by atoms with Crippen molar-refractivity contribution < 1.29 is 19.1 Å². The van der Waals surface area contributed by atoms with Crippen LogP contribution in [0.15, 0.2) is 24.3 Å². The third-order valence-electron chi connectivity index (χ3n) is 5.36. The molecule has 28 heavy (non-hydrogen) atoms. The average Bonchev–Trinajstić information content (AvgIpc) is 2.74. The Labute approximate surface area is 167 Å². The van der Waals surface area contributed by atoms with Gasteiger partial charge in [0.1, 0.15) is 5.75 Å². The van der Waals surface area contributed by atoms with Gasteiger partial charge in [-0.15, -0.1) is 0 Å².